The first kappa shape index (κ1) is 19.5. The van der Waals surface area contributed by atoms with Gasteiger partial charge in [-0.2, -0.15) is 0 Å². The molecule has 2 aromatic carbocycles. The highest BCUT2D eigenvalue weighted by atomic mass is 32.2. The van der Waals surface area contributed by atoms with E-state index in [2.05, 4.69) is 9.71 Å². The zero-order valence-corrected chi connectivity index (χ0v) is 15.9. The van der Waals surface area contributed by atoms with E-state index in [0.717, 1.165) is 5.56 Å². The predicted octanol–water partition coefficient (Wildman–Crippen LogP) is 3.63. The number of carbonyl (C=O) groups is 1. The Balaban J connectivity index is 1.89. The zero-order chi connectivity index (χ0) is 20.1. The van der Waals surface area contributed by atoms with E-state index in [0.29, 0.717) is 11.3 Å². The van der Waals surface area contributed by atoms with Crippen molar-refractivity contribution < 1.29 is 17.6 Å². The second-order valence-corrected chi connectivity index (χ2v) is 7.83. The molecule has 0 atom stereocenters. The smallest absolute Gasteiger partial charge is 0.289 e. The molecule has 0 saturated heterocycles. The molecule has 0 aliphatic rings. The molecule has 0 saturated carbocycles. The number of carbonyl (C=O) groups excluding carboxylic acids is 1. The van der Waals surface area contributed by atoms with Gasteiger partial charge in [-0.15, -0.1) is 0 Å². The molecule has 6 nitrogen and oxygen atoms in total. The molecule has 1 N–H and O–H groups in total. The van der Waals surface area contributed by atoms with Gasteiger partial charge in [0.1, 0.15) is 5.82 Å². The third-order valence-corrected chi connectivity index (χ3v) is 5.34. The summed E-state index contributed by atoms with van der Waals surface area (Å²) in [6.07, 6.45) is 3.16. The van der Waals surface area contributed by atoms with E-state index in [1.165, 1.54) is 41.3 Å². The van der Waals surface area contributed by atoms with E-state index in [4.69, 9.17) is 0 Å². The summed E-state index contributed by atoms with van der Waals surface area (Å²) in [5.41, 5.74) is 1.94. The molecule has 1 aromatic heterocycles. The minimum Gasteiger partial charge on any atom is -0.289 e. The lowest BCUT2D eigenvalue weighted by Crippen LogP contribution is -2.42. The molecule has 0 radical (unpaired) electrons. The molecule has 2 amide bonds. The van der Waals surface area contributed by atoms with E-state index in [-0.39, 0.29) is 11.4 Å². The Kier molecular flexibility index (Phi) is 5.70. The number of anilines is 1. The lowest BCUT2D eigenvalue weighted by molar-refractivity contribution is 0.250. The third kappa shape index (κ3) is 4.72. The predicted molar refractivity (Wildman–Crippen MR) is 104 cm³/mol. The van der Waals surface area contributed by atoms with Crippen LogP contribution in [-0.4, -0.2) is 19.4 Å². The Morgan fingerprint density at radius 2 is 1.75 bits per heavy atom. The van der Waals surface area contributed by atoms with Crippen LogP contribution in [0, 0.1) is 12.7 Å². The molecule has 8 heteroatoms. The SMILES string of the molecule is Cc1ccc(S(=O)(=O)NC(=O)N(Cc2cccnc2)c2ccc(F)cc2)cc1. The highest BCUT2D eigenvalue weighted by Gasteiger charge is 2.23. The second-order valence-electron chi connectivity index (χ2n) is 6.15. The number of benzene rings is 2. The molecule has 28 heavy (non-hydrogen) atoms. The molecule has 3 rings (SSSR count). The van der Waals surface area contributed by atoms with Crippen LogP contribution < -0.4 is 9.62 Å². The number of hydrogen-bond donors (Lipinski definition) is 1. The average Bonchev–Trinajstić information content (AvgIpc) is 2.68. The number of sulfonamides is 1. The van der Waals surface area contributed by atoms with Gasteiger partial charge < -0.3 is 0 Å². The number of rotatable bonds is 5. The normalized spacial score (nSPS) is 11.1. The molecule has 1 heterocycles. The molecule has 144 valence electrons. The highest BCUT2D eigenvalue weighted by Crippen LogP contribution is 2.19. The lowest BCUT2D eigenvalue weighted by Gasteiger charge is -2.23. The maximum absolute atomic E-state index is 13.3. The van der Waals surface area contributed by atoms with Crippen molar-refractivity contribution in [2.75, 3.05) is 4.90 Å². The Morgan fingerprint density at radius 3 is 2.36 bits per heavy atom. The fourth-order valence-corrected chi connectivity index (χ4v) is 3.47. The van der Waals surface area contributed by atoms with E-state index in [9.17, 15) is 17.6 Å². The topological polar surface area (TPSA) is 79.4 Å². The van der Waals surface area contributed by atoms with Crippen molar-refractivity contribution in [1.82, 2.24) is 9.71 Å². The molecular weight excluding hydrogens is 381 g/mol. The van der Waals surface area contributed by atoms with Crippen LogP contribution in [0.5, 0.6) is 0 Å². The van der Waals surface area contributed by atoms with Gasteiger partial charge in [-0.3, -0.25) is 9.88 Å². The van der Waals surface area contributed by atoms with Gasteiger partial charge in [-0.1, -0.05) is 23.8 Å². The summed E-state index contributed by atoms with van der Waals surface area (Å²) in [5, 5.41) is 0. The van der Waals surface area contributed by atoms with Gasteiger partial charge in [-0.05, 0) is 55.0 Å². The quantitative estimate of drug-likeness (QED) is 0.711. The minimum absolute atomic E-state index is 0.0214. The Labute approximate surface area is 162 Å². The Morgan fingerprint density at radius 1 is 1.07 bits per heavy atom. The molecule has 0 aliphatic carbocycles. The molecule has 0 unspecified atom stereocenters. The summed E-state index contributed by atoms with van der Waals surface area (Å²) >= 11 is 0. The van der Waals surface area contributed by atoms with Crippen LogP contribution in [0.15, 0.2) is 78.0 Å². The van der Waals surface area contributed by atoms with Crippen LogP contribution in [0.4, 0.5) is 14.9 Å². The van der Waals surface area contributed by atoms with Gasteiger partial charge in [0.25, 0.3) is 10.0 Å². The van der Waals surface area contributed by atoms with Crippen LogP contribution in [0.25, 0.3) is 0 Å². The summed E-state index contributed by atoms with van der Waals surface area (Å²) in [5.74, 6) is -0.460. The van der Waals surface area contributed by atoms with Crippen molar-refractivity contribution in [2.45, 2.75) is 18.4 Å². The largest absolute Gasteiger partial charge is 0.336 e. The number of aromatic nitrogens is 1. The summed E-state index contributed by atoms with van der Waals surface area (Å²) in [7, 11) is -4.06. The van der Waals surface area contributed by atoms with Gasteiger partial charge in [0.15, 0.2) is 0 Å². The lowest BCUT2D eigenvalue weighted by atomic mass is 10.2. The van der Waals surface area contributed by atoms with Crippen LogP contribution in [-0.2, 0) is 16.6 Å². The first-order valence-corrected chi connectivity index (χ1v) is 9.89. The van der Waals surface area contributed by atoms with E-state index in [1.54, 1.807) is 36.7 Å². The number of nitrogens with one attached hydrogen (secondary N) is 1. The van der Waals surface area contributed by atoms with Crippen molar-refractivity contribution in [3.05, 3.63) is 90.0 Å². The first-order chi connectivity index (χ1) is 13.3. The van der Waals surface area contributed by atoms with Crippen molar-refractivity contribution in [3.63, 3.8) is 0 Å². The van der Waals surface area contributed by atoms with E-state index < -0.39 is 21.9 Å². The number of halogens is 1. The van der Waals surface area contributed by atoms with Crippen molar-refractivity contribution >= 4 is 21.7 Å². The minimum atomic E-state index is -4.06. The first-order valence-electron chi connectivity index (χ1n) is 8.40. The number of hydrogen-bond acceptors (Lipinski definition) is 4. The van der Waals surface area contributed by atoms with Crippen molar-refractivity contribution in [3.8, 4) is 0 Å². The number of amides is 2. The van der Waals surface area contributed by atoms with Crippen molar-refractivity contribution in [1.29, 1.82) is 0 Å². The van der Waals surface area contributed by atoms with Gasteiger partial charge in [0, 0.05) is 18.1 Å². The molecule has 0 bridgehead atoms. The summed E-state index contributed by atoms with van der Waals surface area (Å²) in [6, 6.07) is 14.0. The molecule has 3 aromatic rings. The molecule has 0 spiro atoms. The maximum atomic E-state index is 13.3. The summed E-state index contributed by atoms with van der Waals surface area (Å²) < 4.78 is 40.5. The van der Waals surface area contributed by atoms with Gasteiger partial charge in [-0.25, -0.2) is 22.3 Å². The zero-order valence-electron chi connectivity index (χ0n) is 15.0. The average molecular weight is 399 g/mol. The molecule has 0 fully saturated rings. The van der Waals surface area contributed by atoms with Crippen LogP contribution in [0.3, 0.4) is 0 Å². The van der Waals surface area contributed by atoms with Crippen LogP contribution in [0.1, 0.15) is 11.1 Å². The molecule has 0 aliphatic heterocycles. The Hall–Kier alpha value is -3.26. The third-order valence-electron chi connectivity index (χ3n) is 4.00. The summed E-state index contributed by atoms with van der Waals surface area (Å²) in [4.78, 5) is 18.0. The number of aryl methyl sites for hydroxylation is 1. The van der Waals surface area contributed by atoms with E-state index >= 15 is 0 Å². The van der Waals surface area contributed by atoms with Crippen LogP contribution >= 0.6 is 0 Å². The Bertz CT molecular complexity index is 1050. The number of pyridine rings is 1. The molecular formula is C20H18FN3O3S. The van der Waals surface area contributed by atoms with Crippen LogP contribution in [0.2, 0.25) is 0 Å². The van der Waals surface area contributed by atoms with Crippen molar-refractivity contribution in [2.24, 2.45) is 0 Å². The fraction of sp³-hybridized carbons (Fsp3) is 0.100. The van der Waals surface area contributed by atoms with Gasteiger partial charge >= 0.3 is 6.03 Å². The second kappa shape index (κ2) is 8.18. The van der Waals surface area contributed by atoms with Gasteiger partial charge in [0.2, 0.25) is 0 Å². The monoisotopic (exact) mass is 399 g/mol. The number of urea groups is 1. The maximum Gasteiger partial charge on any atom is 0.336 e. The fourth-order valence-electron chi connectivity index (χ4n) is 2.52. The number of nitrogens with zero attached hydrogens (tertiary/aromatic N) is 2. The standard InChI is InChI=1S/C20H18FN3O3S/c1-15-4-10-19(11-5-15)28(26,27)23-20(25)24(14-16-3-2-12-22-13-16)18-8-6-17(21)7-9-18/h2-13H,14H2,1H3,(H,23,25). The van der Waals surface area contributed by atoms with E-state index in [1.807, 2.05) is 6.92 Å². The summed E-state index contributed by atoms with van der Waals surface area (Å²) in [6.45, 7) is 1.90. The van der Waals surface area contributed by atoms with Gasteiger partial charge in [0.05, 0.1) is 11.4 Å². The highest BCUT2D eigenvalue weighted by molar-refractivity contribution is 7.90.